The van der Waals surface area contributed by atoms with Gasteiger partial charge in [0, 0.05) is 12.1 Å². The highest BCUT2D eigenvalue weighted by atomic mass is 16.7. The lowest BCUT2D eigenvalue weighted by molar-refractivity contribution is -0.190. The van der Waals surface area contributed by atoms with Gasteiger partial charge in [0.15, 0.2) is 0 Å². The van der Waals surface area contributed by atoms with Crippen LogP contribution < -0.4 is 5.32 Å². The molecule has 0 aromatic carbocycles. The second-order valence-corrected chi connectivity index (χ2v) is 8.01. The molecule has 124 valence electrons. The van der Waals surface area contributed by atoms with E-state index in [2.05, 4.69) is 46.9 Å². The SMILES string of the molecule is CNC(C)(C)C(C)C(CON1CCCC1C=O)C(C)(C)C. The Morgan fingerprint density at radius 2 is 1.95 bits per heavy atom. The van der Waals surface area contributed by atoms with Crippen LogP contribution in [0.5, 0.6) is 0 Å². The Balaban J connectivity index is 2.74. The van der Waals surface area contributed by atoms with Gasteiger partial charge in [0.05, 0.1) is 12.6 Å². The maximum absolute atomic E-state index is 11.1. The van der Waals surface area contributed by atoms with Crippen molar-refractivity contribution in [3.05, 3.63) is 0 Å². The summed E-state index contributed by atoms with van der Waals surface area (Å²) in [5.74, 6) is 0.868. The number of hydroxylamine groups is 2. The van der Waals surface area contributed by atoms with Crippen LogP contribution in [0.1, 0.15) is 54.4 Å². The fraction of sp³-hybridized carbons (Fsp3) is 0.941. The molecule has 21 heavy (non-hydrogen) atoms. The number of carbonyl (C=O) groups is 1. The summed E-state index contributed by atoms with van der Waals surface area (Å²) >= 11 is 0. The standard InChI is InChI=1S/C17H34N2O2/c1-13(17(5,6)18-7)15(16(2,3)4)12-21-19-10-8-9-14(19)11-20/h11,13-15,18H,8-10,12H2,1-7H3. The first kappa shape index (κ1) is 18.6. The van der Waals surface area contributed by atoms with Crippen molar-refractivity contribution >= 4 is 6.29 Å². The molecule has 0 aromatic rings. The third-order valence-corrected chi connectivity index (χ3v) is 5.32. The lowest BCUT2D eigenvalue weighted by Crippen LogP contribution is -2.50. The largest absolute Gasteiger partial charge is 0.315 e. The van der Waals surface area contributed by atoms with Gasteiger partial charge in [0.25, 0.3) is 0 Å². The fourth-order valence-electron chi connectivity index (χ4n) is 3.11. The van der Waals surface area contributed by atoms with E-state index in [1.807, 2.05) is 12.1 Å². The maximum atomic E-state index is 11.1. The van der Waals surface area contributed by atoms with Crippen molar-refractivity contribution in [3.8, 4) is 0 Å². The number of nitrogens with zero attached hydrogens (tertiary/aromatic N) is 1. The zero-order valence-electron chi connectivity index (χ0n) is 14.9. The van der Waals surface area contributed by atoms with E-state index in [0.717, 1.165) is 25.7 Å². The minimum atomic E-state index is -0.0572. The van der Waals surface area contributed by atoms with Gasteiger partial charge in [-0.15, -0.1) is 0 Å². The molecule has 0 bridgehead atoms. The van der Waals surface area contributed by atoms with E-state index in [0.29, 0.717) is 18.4 Å². The van der Waals surface area contributed by atoms with Crippen LogP contribution in [-0.4, -0.2) is 43.1 Å². The van der Waals surface area contributed by atoms with Crippen LogP contribution in [0.15, 0.2) is 0 Å². The van der Waals surface area contributed by atoms with E-state index in [1.54, 1.807) is 0 Å². The van der Waals surface area contributed by atoms with E-state index >= 15 is 0 Å². The van der Waals surface area contributed by atoms with Crippen LogP contribution in [0.25, 0.3) is 0 Å². The topological polar surface area (TPSA) is 41.6 Å². The Hall–Kier alpha value is -0.450. The lowest BCUT2D eigenvalue weighted by atomic mass is 9.68. The minimum Gasteiger partial charge on any atom is -0.315 e. The number of aldehydes is 1. The summed E-state index contributed by atoms with van der Waals surface area (Å²) in [7, 11) is 2.01. The summed E-state index contributed by atoms with van der Waals surface area (Å²) in [6.45, 7) is 15.1. The molecule has 0 spiro atoms. The summed E-state index contributed by atoms with van der Waals surface area (Å²) in [6, 6.07) is -0.0572. The highest BCUT2D eigenvalue weighted by Crippen LogP contribution is 2.37. The summed E-state index contributed by atoms with van der Waals surface area (Å²) in [5.41, 5.74) is 0.209. The van der Waals surface area contributed by atoms with E-state index < -0.39 is 0 Å². The van der Waals surface area contributed by atoms with E-state index in [1.165, 1.54) is 0 Å². The molecular formula is C17H34N2O2. The Morgan fingerprint density at radius 1 is 1.33 bits per heavy atom. The van der Waals surface area contributed by atoms with Gasteiger partial charge < -0.3 is 10.1 Å². The number of hydrogen-bond donors (Lipinski definition) is 1. The van der Waals surface area contributed by atoms with Gasteiger partial charge in [0.2, 0.25) is 0 Å². The predicted molar refractivity (Wildman–Crippen MR) is 87.0 cm³/mol. The normalized spacial score (nSPS) is 24.0. The third kappa shape index (κ3) is 4.76. The van der Waals surface area contributed by atoms with Crippen molar-refractivity contribution in [1.82, 2.24) is 10.4 Å². The van der Waals surface area contributed by atoms with Crippen molar-refractivity contribution in [1.29, 1.82) is 0 Å². The molecule has 1 saturated heterocycles. The molecule has 1 rings (SSSR count). The predicted octanol–water partition coefficient (Wildman–Crippen LogP) is 2.88. The van der Waals surface area contributed by atoms with Crippen LogP contribution in [0.3, 0.4) is 0 Å². The molecule has 3 atom stereocenters. The molecule has 3 unspecified atom stereocenters. The zero-order chi connectivity index (χ0) is 16.3. The van der Waals surface area contributed by atoms with Crippen molar-refractivity contribution < 1.29 is 9.63 Å². The molecule has 0 aliphatic carbocycles. The van der Waals surface area contributed by atoms with Crippen LogP contribution >= 0.6 is 0 Å². The highest BCUT2D eigenvalue weighted by Gasteiger charge is 2.38. The Labute approximate surface area is 130 Å². The first-order valence-corrected chi connectivity index (χ1v) is 8.17. The third-order valence-electron chi connectivity index (χ3n) is 5.32. The fourth-order valence-corrected chi connectivity index (χ4v) is 3.11. The van der Waals surface area contributed by atoms with Gasteiger partial charge in [-0.05, 0) is 51.0 Å². The van der Waals surface area contributed by atoms with Crippen molar-refractivity contribution in [2.75, 3.05) is 20.2 Å². The van der Waals surface area contributed by atoms with E-state index in [4.69, 9.17) is 4.84 Å². The summed E-state index contributed by atoms with van der Waals surface area (Å²) in [5, 5.41) is 5.30. The van der Waals surface area contributed by atoms with Gasteiger partial charge in [-0.1, -0.05) is 27.7 Å². The van der Waals surface area contributed by atoms with Crippen LogP contribution in [0.2, 0.25) is 0 Å². The second-order valence-electron chi connectivity index (χ2n) is 8.01. The molecule has 4 nitrogen and oxygen atoms in total. The first-order valence-electron chi connectivity index (χ1n) is 8.17. The number of rotatable bonds is 7. The molecule has 0 aromatic heterocycles. The second kappa shape index (κ2) is 7.21. The molecule has 1 N–H and O–H groups in total. The number of nitrogens with one attached hydrogen (secondary N) is 1. The highest BCUT2D eigenvalue weighted by molar-refractivity contribution is 5.57. The maximum Gasteiger partial charge on any atom is 0.139 e. The van der Waals surface area contributed by atoms with Gasteiger partial charge in [-0.25, -0.2) is 0 Å². The molecular weight excluding hydrogens is 264 g/mol. The zero-order valence-corrected chi connectivity index (χ0v) is 14.9. The molecule has 0 saturated carbocycles. The van der Waals surface area contributed by atoms with E-state index in [9.17, 15) is 4.79 Å². The molecule has 1 aliphatic rings. The molecule has 4 heteroatoms. The van der Waals surface area contributed by atoms with Gasteiger partial charge in [-0.3, -0.25) is 4.84 Å². The Morgan fingerprint density at radius 3 is 2.43 bits per heavy atom. The summed E-state index contributed by atoms with van der Waals surface area (Å²) in [4.78, 5) is 17.1. The number of hydrogen-bond acceptors (Lipinski definition) is 4. The van der Waals surface area contributed by atoms with Gasteiger partial charge >= 0.3 is 0 Å². The number of carbonyl (C=O) groups excluding carboxylic acids is 1. The van der Waals surface area contributed by atoms with Gasteiger partial charge in [0.1, 0.15) is 6.29 Å². The average molecular weight is 298 g/mol. The smallest absolute Gasteiger partial charge is 0.139 e. The first-order chi connectivity index (χ1) is 9.63. The average Bonchev–Trinajstić information content (AvgIpc) is 2.84. The molecule has 1 heterocycles. The summed E-state index contributed by atoms with van der Waals surface area (Å²) in [6.07, 6.45) is 2.97. The minimum absolute atomic E-state index is 0.0520. The van der Waals surface area contributed by atoms with Crippen molar-refractivity contribution in [2.45, 2.75) is 66.0 Å². The van der Waals surface area contributed by atoms with Crippen molar-refractivity contribution in [3.63, 3.8) is 0 Å². The molecule has 0 radical (unpaired) electrons. The summed E-state index contributed by atoms with van der Waals surface area (Å²) < 4.78 is 0. The molecule has 1 fully saturated rings. The monoisotopic (exact) mass is 298 g/mol. The quantitative estimate of drug-likeness (QED) is 0.734. The molecule has 1 aliphatic heterocycles. The van der Waals surface area contributed by atoms with Crippen LogP contribution in [0, 0.1) is 17.3 Å². The lowest BCUT2D eigenvalue weighted by Gasteiger charge is -2.43. The van der Waals surface area contributed by atoms with Crippen LogP contribution in [-0.2, 0) is 9.63 Å². The van der Waals surface area contributed by atoms with Crippen molar-refractivity contribution in [2.24, 2.45) is 17.3 Å². The Kier molecular flexibility index (Phi) is 6.38. The molecule has 0 amide bonds. The van der Waals surface area contributed by atoms with E-state index in [-0.39, 0.29) is 17.0 Å². The van der Waals surface area contributed by atoms with Gasteiger partial charge in [-0.2, -0.15) is 5.06 Å². The van der Waals surface area contributed by atoms with Crippen LogP contribution in [0.4, 0.5) is 0 Å². The Bertz CT molecular complexity index is 336.